The van der Waals surface area contributed by atoms with E-state index in [1.165, 1.54) is 0 Å². The normalized spacial score (nSPS) is 14.2. The molecule has 70 valence electrons. The highest BCUT2D eigenvalue weighted by atomic mass is 16.6. The maximum atomic E-state index is 11.0. The van der Waals surface area contributed by atoms with Gasteiger partial charge in [-0.1, -0.05) is 0 Å². The third kappa shape index (κ3) is 1.07. The number of aromatic nitrogens is 1. The van der Waals surface area contributed by atoms with E-state index in [0.29, 0.717) is 13.2 Å². The monoisotopic (exact) mass is 184 g/mol. The van der Waals surface area contributed by atoms with Crippen molar-refractivity contribution in [2.45, 2.75) is 0 Å². The second-order valence-corrected chi connectivity index (χ2v) is 2.59. The predicted molar refractivity (Wildman–Crippen MR) is 42.5 cm³/mol. The summed E-state index contributed by atoms with van der Waals surface area (Å²) < 4.78 is 10.4. The zero-order chi connectivity index (χ0) is 9.42. The molecular formula is C7H8N2O4. The van der Waals surface area contributed by atoms with Gasteiger partial charge in [-0.2, -0.15) is 0 Å². The largest absolute Gasteiger partial charge is 0.616 e. The van der Waals surface area contributed by atoms with Crippen molar-refractivity contribution in [3.8, 4) is 17.4 Å². The van der Waals surface area contributed by atoms with E-state index < -0.39 is 5.88 Å². The molecule has 0 amide bonds. The van der Waals surface area contributed by atoms with Crippen LogP contribution in [-0.4, -0.2) is 18.3 Å². The van der Waals surface area contributed by atoms with Gasteiger partial charge < -0.3 is 25.5 Å². The summed E-state index contributed by atoms with van der Waals surface area (Å²) in [7, 11) is 0. The first-order valence-electron chi connectivity index (χ1n) is 3.70. The second kappa shape index (κ2) is 2.58. The van der Waals surface area contributed by atoms with Crippen molar-refractivity contribution in [2.75, 3.05) is 18.9 Å². The van der Waals surface area contributed by atoms with Gasteiger partial charge in [-0.25, -0.2) is 0 Å². The Balaban J connectivity index is 2.63. The lowest BCUT2D eigenvalue weighted by atomic mass is 10.3. The molecule has 0 saturated carbocycles. The number of rotatable bonds is 0. The van der Waals surface area contributed by atoms with Crippen LogP contribution in [0, 0.1) is 5.21 Å². The van der Waals surface area contributed by atoms with Crippen LogP contribution in [0.5, 0.6) is 17.4 Å². The maximum Gasteiger partial charge on any atom is 0.424 e. The van der Waals surface area contributed by atoms with Gasteiger partial charge in [0.05, 0.1) is 0 Å². The fourth-order valence-electron chi connectivity index (χ4n) is 1.15. The minimum atomic E-state index is -0.524. The van der Waals surface area contributed by atoms with Gasteiger partial charge in [0.1, 0.15) is 18.9 Å². The van der Waals surface area contributed by atoms with Crippen LogP contribution in [0.3, 0.4) is 0 Å². The van der Waals surface area contributed by atoms with Crippen molar-refractivity contribution in [1.29, 1.82) is 0 Å². The molecule has 1 aromatic rings. The molecule has 0 radical (unpaired) electrons. The molecule has 0 aliphatic carbocycles. The summed E-state index contributed by atoms with van der Waals surface area (Å²) in [5, 5.41) is 20.2. The lowest BCUT2D eigenvalue weighted by Crippen LogP contribution is -2.29. The Bertz CT molecular complexity index is 353. The molecule has 6 nitrogen and oxygen atoms in total. The lowest BCUT2D eigenvalue weighted by Gasteiger charge is -2.18. The first-order chi connectivity index (χ1) is 6.20. The molecule has 0 unspecified atom stereocenters. The van der Waals surface area contributed by atoms with E-state index in [0.717, 1.165) is 6.20 Å². The second-order valence-electron chi connectivity index (χ2n) is 2.59. The van der Waals surface area contributed by atoms with Crippen LogP contribution in [0.25, 0.3) is 0 Å². The molecule has 0 saturated heterocycles. The third-order valence-corrected chi connectivity index (χ3v) is 1.71. The minimum Gasteiger partial charge on any atom is -0.616 e. The molecule has 13 heavy (non-hydrogen) atoms. The van der Waals surface area contributed by atoms with E-state index >= 15 is 0 Å². The topological polar surface area (TPSA) is 91.7 Å². The van der Waals surface area contributed by atoms with Gasteiger partial charge in [0.2, 0.25) is 11.9 Å². The van der Waals surface area contributed by atoms with Crippen LogP contribution in [0.15, 0.2) is 6.20 Å². The van der Waals surface area contributed by atoms with Crippen molar-refractivity contribution in [1.82, 2.24) is 0 Å². The Kier molecular flexibility index (Phi) is 1.54. The number of aromatic hydroxyl groups is 1. The SMILES string of the molecule is Nc1c[n+]([O-])c(O)c2c1OCCO2. The lowest BCUT2D eigenvalue weighted by molar-refractivity contribution is -0.613. The highest BCUT2D eigenvalue weighted by Gasteiger charge is 2.26. The van der Waals surface area contributed by atoms with Gasteiger partial charge in [-0.3, -0.25) is 0 Å². The highest BCUT2D eigenvalue weighted by Crippen LogP contribution is 2.39. The Hall–Kier alpha value is -1.85. The summed E-state index contributed by atoms with van der Waals surface area (Å²) in [5.74, 6) is -0.277. The minimum absolute atomic E-state index is 0.0150. The first-order valence-corrected chi connectivity index (χ1v) is 3.70. The Labute approximate surface area is 73.7 Å². The van der Waals surface area contributed by atoms with E-state index in [2.05, 4.69) is 0 Å². The summed E-state index contributed by atoms with van der Waals surface area (Å²) in [6.45, 7) is 0.656. The average Bonchev–Trinajstić information content (AvgIpc) is 2.15. The third-order valence-electron chi connectivity index (χ3n) is 1.71. The first kappa shape index (κ1) is 7.78. The van der Waals surface area contributed by atoms with E-state index in [9.17, 15) is 10.3 Å². The number of hydrogen-bond donors (Lipinski definition) is 2. The molecule has 3 N–H and O–H groups in total. The van der Waals surface area contributed by atoms with Gasteiger partial charge in [-0.15, -0.1) is 4.73 Å². The summed E-state index contributed by atoms with van der Waals surface area (Å²) in [5.41, 5.74) is 5.63. The zero-order valence-corrected chi connectivity index (χ0v) is 6.69. The van der Waals surface area contributed by atoms with Gasteiger partial charge in [0.15, 0.2) is 0 Å². The van der Waals surface area contributed by atoms with Crippen LogP contribution in [0.4, 0.5) is 5.69 Å². The van der Waals surface area contributed by atoms with Crippen molar-refractivity contribution < 1.29 is 19.3 Å². The van der Waals surface area contributed by atoms with Crippen LogP contribution >= 0.6 is 0 Å². The Morgan fingerprint density at radius 3 is 2.69 bits per heavy atom. The number of fused-ring (bicyclic) bond motifs is 1. The molecule has 1 aromatic heterocycles. The van der Waals surface area contributed by atoms with E-state index in [4.69, 9.17) is 15.2 Å². The smallest absolute Gasteiger partial charge is 0.424 e. The summed E-state index contributed by atoms with van der Waals surface area (Å²) >= 11 is 0. The fraction of sp³-hybridized carbons (Fsp3) is 0.286. The van der Waals surface area contributed by atoms with Gasteiger partial charge in [0.25, 0.3) is 5.75 Å². The Morgan fingerprint density at radius 1 is 1.38 bits per heavy atom. The zero-order valence-electron chi connectivity index (χ0n) is 6.69. The summed E-state index contributed by atoms with van der Waals surface area (Å²) in [4.78, 5) is 0. The van der Waals surface area contributed by atoms with Crippen molar-refractivity contribution in [3.63, 3.8) is 0 Å². The molecule has 6 heteroatoms. The van der Waals surface area contributed by atoms with Gasteiger partial charge in [0, 0.05) is 0 Å². The van der Waals surface area contributed by atoms with E-state index in [1.807, 2.05) is 0 Å². The predicted octanol–water partition coefficient (Wildman–Crippen LogP) is -0.621. The number of nitrogen functional groups attached to an aromatic ring is 1. The molecule has 1 aliphatic rings. The van der Waals surface area contributed by atoms with Crippen LogP contribution in [0.1, 0.15) is 0 Å². The number of hydrogen-bond acceptors (Lipinski definition) is 5. The number of anilines is 1. The number of nitrogens with zero attached hydrogens (tertiary/aromatic N) is 1. The molecular weight excluding hydrogens is 176 g/mol. The standard InChI is InChI=1S/C7H8N2O4/c8-4-3-9(11)7(10)6-5(4)12-1-2-13-6/h3,10H,1-2,8H2. The molecule has 1 aliphatic heterocycles. The van der Waals surface area contributed by atoms with Gasteiger partial charge >= 0.3 is 5.88 Å². The van der Waals surface area contributed by atoms with Gasteiger partial charge in [-0.05, 0) is 0 Å². The highest BCUT2D eigenvalue weighted by molar-refractivity contribution is 5.60. The number of nitrogens with two attached hydrogens (primary N) is 1. The maximum absolute atomic E-state index is 11.0. The molecule has 2 rings (SSSR count). The van der Waals surface area contributed by atoms with Crippen LogP contribution in [0.2, 0.25) is 0 Å². The molecule has 0 fully saturated rings. The molecule has 0 atom stereocenters. The number of ether oxygens (including phenoxy) is 2. The molecule has 0 bridgehead atoms. The van der Waals surface area contributed by atoms with Crippen LogP contribution in [-0.2, 0) is 0 Å². The number of pyridine rings is 1. The van der Waals surface area contributed by atoms with Crippen molar-refractivity contribution in [3.05, 3.63) is 11.4 Å². The molecule has 0 spiro atoms. The summed E-state index contributed by atoms with van der Waals surface area (Å²) in [6, 6.07) is 0. The van der Waals surface area contributed by atoms with Crippen LogP contribution < -0.4 is 19.9 Å². The Morgan fingerprint density at radius 2 is 2.00 bits per heavy atom. The van der Waals surface area contributed by atoms with E-state index in [1.54, 1.807) is 0 Å². The fourth-order valence-corrected chi connectivity index (χ4v) is 1.15. The molecule has 0 aromatic carbocycles. The van der Waals surface area contributed by atoms with Crippen molar-refractivity contribution in [2.24, 2.45) is 0 Å². The molecule has 2 heterocycles. The quantitative estimate of drug-likeness (QED) is 0.414. The van der Waals surface area contributed by atoms with Crippen molar-refractivity contribution >= 4 is 5.69 Å². The summed E-state index contributed by atoms with van der Waals surface area (Å²) in [6.07, 6.45) is 1.03. The average molecular weight is 184 g/mol. The van der Waals surface area contributed by atoms with E-state index in [-0.39, 0.29) is 21.9 Å².